The average molecular weight is 527 g/mol. The van der Waals surface area contributed by atoms with Crippen molar-refractivity contribution in [3.8, 4) is 6.07 Å². The topological polar surface area (TPSA) is 53.3 Å². The molecule has 0 spiro atoms. The zero-order chi connectivity index (χ0) is 27.2. The molecule has 0 bridgehead atoms. The lowest BCUT2D eigenvalue weighted by atomic mass is 9.90. The summed E-state index contributed by atoms with van der Waals surface area (Å²) < 4.78 is 85.9. The Morgan fingerprint density at radius 1 is 0.946 bits per heavy atom. The molecule has 0 radical (unpaired) electrons. The van der Waals surface area contributed by atoms with Crippen molar-refractivity contribution in [3.05, 3.63) is 69.8 Å². The highest BCUT2D eigenvalue weighted by Gasteiger charge is 2.32. The summed E-state index contributed by atoms with van der Waals surface area (Å²) in [6.45, 7) is 1.15. The molecule has 10 heteroatoms. The molecule has 0 atom stereocenters. The minimum Gasteiger partial charge on any atom is -0.376 e. The molecule has 1 fully saturated rings. The number of halogens is 6. The molecule has 2 aromatic carbocycles. The molecule has 3 rings (SSSR count). The molecule has 37 heavy (non-hydrogen) atoms. The highest BCUT2D eigenvalue weighted by Crippen LogP contribution is 2.33. The molecule has 0 heterocycles. The second-order valence-corrected chi connectivity index (χ2v) is 9.40. The predicted molar refractivity (Wildman–Crippen MR) is 124 cm³/mol. The molecule has 1 amide bonds. The molecule has 0 aromatic heterocycles. The first-order valence-corrected chi connectivity index (χ1v) is 12.0. The lowest BCUT2D eigenvalue weighted by molar-refractivity contribution is -0.138. The minimum absolute atomic E-state index is 0.0450. The first kappa shape index (κ1) is 28.5. The van der Waals surface area contributed by atoms with Gasteiger partial charge in [-0.1, -0.05) is 25.3 Å². The number of nitrogens with zero attached hydrogens (tertiary/aromatic N) is 2. The van der Waals surface area contributed by atoms with Gasteiger partial charge in [-0.2, -0.15) is 31.6 Å². The van der Waals surface area contributed by atoms with Gasteiger partial charge in [0, 0.05) is 26.6 Å². The van der Waals surface area contributed by atoms with Gasteiger partial charge in [-0.15, -0.1) is 0 Å². The maximum atomic E-state index is 13.4. The van der Waals surface area contributed by atoms with E-state index in [0.717, 1.165) is 48.8 Å². The number of hydrogen-bond acceptors (Lipinski definition) is 3. The Kier molecular flexibility index (Phi) is 9.24. The van der Waals surface area contributed by atoms with E-state index in [1.54, 1.807) is 6.07 Å². The van der Waals surface area contributed by atoms with Crippen LogP contribution in [0.1, 0.15) is 72.4 Å². The number of hydrogen-bond donors (Lipinski definition) is 0. The van der Waals surface area contributed by atoms with E-state index in [0.29, 0.717) is 24.2 Å². The van der Waals surface area contributed by atoms with Gasteiger partial charge in [0.25, 0.3) is 0 Å². The predicted octanol–water partition coefficient (Wildman–Crippen LogP) is 7.24. The van der Waals surface area contributed by atoms with E-state index in [2.05, 4.69) is 0 Å². The van der Waals surface area contributed by atoms with Crippen molar-refractivity contribution in [2.24, 2.45) is 5.92 Å². The van der Waals surface area contributed by atoms with Crippen LogP contribution in [0.3, 0.4) is 0 Å². The summed E-state index contributed by atoms with van der Waals surface area (Å²) in [6, 6.07) is 7.65. The fourth-order valence-corrected chi connectivity index (χ4v) is 4.50. The van der Waals surface area contributed by atoms with Crippen molar-refractivity contribution in [1.29, 1.82) is 5.26 Å². The van der Waals surface area contributed by atoms with Crippen molar-refractivity contribution in [3.63, 3.8) is 0 Å². The van der Waals surface area contributed by atoms with Gasteiger partial charge in [-0.25, -0.2) is 0 Å². The fourth-order valence-electron chi connectivity index (χ4n) is 4.50. The van der Waals surface area contributed by atoms with Gasteiger partial charge >= 0.3 is 12.4 Å². The summed E-state index contributed by atoms with van der Waals surface area (Å²) in [6.07, 6.45) is -3.81. The molecular weight excluding hydrogens is 498 g/mol. The van der Waals surface area contributed by atoms with Gasteiger partial charge in [-0.05, 0) is 65.8 Å². The summed E-state index contributed by atoms with van der Waals surface area (Å²) in [4.78, 5) is 13.5. The van der Waals surface area contributed by atoms with E-state index in [4.69, 9.17) is 10.00 Å². The van der Waals surface area contributed by atoms with E-state index >= 15 is 0 Å². The van der Waals surface area contributed by atoms with Crippen molar-refractivity contribution >= 4 is 5.91 Å². The summed E-state index contributed by atoms with van der Waals surface area (Å²) in [7, 11) is 0. The van der Waals surface area contributed by atoms with Gasteiger partial charge in [0.1, 0.15) is 0 Å². The van der Waals surface area contributed by atoms with Crippen LogP contribution >= 0.6 is 0 Å². The van der Waals surface area contributed by atoms with Crippen LogP contribution in [0.15, 0.2) is 36.4 Å². The van der Waals surface area contributed by atoms with Gasteiger partial charge in [-0.3, -0.25) is 4.79 Å². The Hall–Kier alpha value is -3.06. The van der Waals surface area contributed by atoms with Crippen LogP contribution in [0.2, 0.25) is 0 Å². The van der Waals surface area contributed by atoms with E-state index in [-0.39, 0.29) is 36.4 Å². The van der Waals surface area contributed by atoms with Crippen LogP contribution in [-0.4, -0.2) is 17.4 Å². The second-order valence-electron chi connectivity index (χ2n) is 9.40. The molecule has 0 unspecified atom stereocenters. The Bertz CT molecular complexity index is 1130. The van der Waals surface area contributed by atoms with Gasteiger partial charge in [0.15, 0.2) is 0 Å². The maximum absolute atomic E-state index is 13.4. The van der Waals surface area contributed by atoms with Crippen LogP contribution < -0.4 is 0 Å². The van der Waals surface area contributed by atoms with E-state index < -0.39 is 29.4 Å². The van der Waals surface area contributed by atoms with Gasteiger partial charge in [0.2, 0.25) is 5.91 Å². The van der Waals surface area contributed by atoms with Crippen molar-refractivity contribution in [2.75, 3.05) is 6.61 Å². The molecule has 2 aromatic rings. The molecule has 0 saturated heterocycles. The molecule has 1 aliphatic rings. The van der Waals surface area contributed by atoms with Crippen LogP contribution in [0.4, 0.5) is 26.3 Å². The quantitative estimate of drug-likeness (QED) is 0.341. The van der Waals surface area contributed by atoms with Crippen LogP contribution in [0.5, 0.6) is 0 Å². The van der Waals surface area contributed by atoms with Crippen molar-refractivity contribution in [2.45, 2.75) is 71.1 Å². The zero-order valence-electron chi connectivity index (χ0n) is 20.4. The SMILES string of the molecule is CC(=O)N(Cc1cc(C#N)cc(C(F)(F)F)c1)Cc1cc(C(F)(F)F)ccc1COCC1CCCCC1. The summed E-state index contributed by atoms with van der Waals surface area (Å²) in [5, 5.41) is 9.13. The summed E-state index contributed by atoms with van der Waals surface area (Å²) >= 11 is 0. The third-order valence-electron chi connectivity index (χ3n) is 6.50. The largest absolute Gasteiger partial charge is 0.416 e. The first-order valence-electron chi connectivity index (χ1n) is 12.0. The highest BCUT2D eigenvalue weighted by atomic mass is 19.4. The van der Waals surface area contributed by atoms with Gasteiger partial charge in [0.05, 0.1) is 29.4 Å². The Morgan fingerprint density at radius 2 is 1.62 bits per heavy atom. The Balaban J connectivity index is 1.85. The number of carbonyl (C=O) groups excluding carboxylic acids is 1. The van der Waals surface area contributed by atoms with Gasteiger partial charge < -0.3 is 9.64 Å². The fraction of sp³-hybridized carbons (Fsp3) is 0.481. The lowest BCUT2D eigenvalue weighted by Crippen LogP contribution is -2.28. The van der Waals surface area contributed by atoms with Crippen molar-refractivity contribution < 1.29 is 35.9 Å². The highest BCUT2D eigenvalue weighted by molar-refractivity contribution is 5.73. The third-order valence-corrected chi connectivity index (χ3v) is 6.50. The number of alkyl halides is 6. The number of benzene rings is 2. The number of carbonyl (C=O) groups is 1. The van der Waals surface area contributed by atoms with Crippen LogP contribution in [0, 0.1) is 17.2 Å². The van der Waals surface area contributed by atoms with E-state index in [9.17, 15) is 31.1 Å². The zero-order valence-corrected chi connectivity index (χ0v) is 20.4. The summed E-state index contributed by atoms with van der Waals surface area (Å²) in [5.41, 5.74) is -1.46. The van der Waals surface area contributed by atoms with E-state index in [1.807, 2.05) is 0 Å². The number of rotatable bonds is 8. The minimum atomic E-state index is -4.70. The third kappa shape index (κ3) is 8.22. The Morgan fingerprint density at radius 3 is 2.22 bits per heavy atom. The normalized spacial score (nSPS) is 14.9. The Labute approximate surface area is 211 Å². The molecule has 4 nitrogen and oxygen atoms in total. The standard InChI is InChI=1S/C27H28F6N2O2/c1-18(36)35(14-21-9-20(13-34)10-25(11-21)27(31,32)33)15-23-12-24(26(28,29)30)8-7-22(23)17-37-16-19-5-3-2-4-6-19/h7-12,19H,2-6,14-17H2,1H3. The molecule has 1 saturated carbocycles. The average Bonchev–Trinajstić information content (AvgIpc) is 2.83. The molecule has 0 N–H and O–H groups in total. The monoisotopic (exact) mass is 526 g/mol. The first-order chi connectivity index (χ1) is 17.4. The van der Waals surface area contributed by atoms with Crippen LogP contribution in [-0.2, 0) is 41.6 Å². The second kappa shape index (κ2) is 12.0. The maximum Gasteiger partial charge on any atom is 0.416 e. The molecule has 200 valence electrons. The number of nitriles is 1. The number of ether oxygens (including phenoxy) is 1. The smallest absolute Gasteiger partial charge is 0.376 e. The molecule has 0 aliphatic heterocycles. The molecule has 1 aliphatic carbocycles. The van der Waals surface area contributed by atoms with E-state index in [1.165, 1.54) is 25.5 Å². The molecular formula is C27H28F6N2O2. The lowest BCUT2D eigenvalue weighted by Gasteiger charge is -2.25. The van der Waals surface area contributed by atoms with Crippen LogP contribution in [0.25, 0.3) is 0 Å². The number of amides is 1. The summed E-state index contributed by atoms with van der Waals surface area (Å²) in [5.74, 6) is -0.141. The van der Waals surface area contributed by atoms with Crippen molar-refractivity contribution in [1.82, 2.24) is 4.90 Å².